The van der Waals surface area contributed by atoms with E-state index in [1.807, 2.05) is 37.3 Å². The summed E-state index contributed by atoms with van der Waals surface area (Å²) in [7, 11) is -2.71. The molecule has 43 heavy (non-hydrogen) atoms. The van der Waals surface area contributed by atoms with Gasteiger partial charge in [-0.05, 0) is 66.9 Å². The number of carbonyl (C=O) groups is 2. The van der Waals surface area contributed by atoms with Crippen LogP contribution < -0.4 is 9.62 Å². The molecule has 0 radical (unpaired) electrons. The molecular formula is C33H33Cl2N3O4S. The van der Waals surface area contributed by atoms with Crippen molar-refractivity contribution >= 4 is 50.7 Å². The molecule has 2 amide bonds. The second-order valence-electron chi connectivity index (χ2n) is 10.2. The molecule has 0 aromatic heterocycles. The zero-order valence-electron chi connectivity index (χ0n) is 24.1. The highest BCUT2D eigenvalue weighted by atomic mass is 35.5. The van der Waals surface area contributed by atoms with Gasteiger partial charge in [-0.15, -0.1) is 0 Å². The third-order valence-electron chi connectivity index (χ3n) is 7.13. The van der Waals surface area contributed by atoms with Gasteiger partial charge in [-0.3, -0.25) is 13.9 Å². The van der Waals surface area contributed by atoms with Crippen molar-refractivity contribution in [2.24, 2.45) is 0 Å². The van der Waals surface area contributed by atoms with E-state index in [2.05, 4.69) is 5.32 Å². The summed E-state index contributed by atoms with van der Waals surface area (Å²) in [6.07, 6.45) is 0.210. The Balaban J connectivity index is 1.82. The predicted molar refractivity (Wildman–Crippen MR) is 172 cm³/mol. The molecule has 224 valence electrons. The van der Waals surface area contributed by atoms with Crippen molar-refractivity contribution in [3.05, 3.63) is 129 Å². The first-order chi connectivity index (χ1) is 20.5. The Morgan fingerprint density at radius 3 is 2.14 bits per heavy atom. The lowest BCUT2D eigenvalue weighted by Gasteiger charge is -2.34. The van der Waals surface area contributed by atoms with Gasteiger partial charge in [0.25, 0.3) is 10.0 Å². The first-order valence-corrected chi connectivity index (χ1v) is 15.8. The van der Waals surface area contributed by atoms with E-state index in [0.717, 1.165) is 15.4 Å². The molecule has 4 aromatic carbocycles. The van der Waals surface area contributed by atoms with Gasteiger partial charge in [0.2, 0.25) is 11.8 Å². The summed E-state index contributed by atoms with van der Waals surface area (Å²) in [5.74, 6) is -0.964. The maximum absolute atomic E-state index is 14.4. The van der Waals surface area contributed by atoms with Crippen LogP contribution in [-0.4, -0.2) is 44.8 Å². The van der Waals surface area contributed by atoms with Gasteiger partial charge in [0.1, 0.15) is 12.6 Å². The molecule has 4 aromatic rings. The SMILES string of the molecule is CNC(=O)[C@H](Cc1ccccc1)N(Cc1ccccc1Cl)C(=O)CN(c1ccc(Cl)cc1C)S(=O)(=O)c1ccc(C)cc1. The van der Waals surface area contributed by atoms with E-state index in [0.29, 0.717) is 26.9 Å². The van der Waals surface area contributed by atoms with E-state index in [1.165, 1.54) is 24.1 Å². The van der Waals surface area contributed by atoms with Crippen LogP contribution in [0.15, 0.2) is 102 Å². The van der Waals surface area contributed by atoms with Gasteiger partial charge in [0, 0.05) is 30.1 Å². The third kappa shape index (κ3) is 7.76. The molecule has 0 spiro atoms. The highest BCUT2D eigenvalue weighted by Crippen LogP contribution is 2.30. The lowest BCUT2D eigenvalue weighted by molar-refractivity contribution is -0.139. The van der Waals surface area contributed by atoms with Crippen molar-refractivity contribution in [2.45, 2.75) is 37.8 Å². The summed E-state index contributed by atoms with van der Waals surface area (Å²) in [6, 6.07) is 26.7. The zero-order valence-corrected chi connectivity index (χ0v) is 26.5. The van der Waals surface area contributed by atoms with Crippen LogP contribution in [0.3, 0.4) is 0 Å². The number of sulfonamides is 1. The molecule has 0 aliphatic carbocycles. The Labute approximate surface area is 263 Å². The van der Waals surface area contributed by atoms with E-state index >= 15 is 0 Å². The van der Waals surface area contributed by atoms with Gasteiger partial charge in [-0.2, -0.15) is 0 Å². The molecule has 0 bridgehead atoms. The predicted octanol–water partition coefficient (Wildman–Crippen LogP) is 6.19. The summed E-state index contributed by atoms with van der Waals surface area (Å²) in [5.41, 5.74) is 3.22. The van der Waals surface area contributed by atoms with Crippen LogP contribution in [0.25, 0.3) is 0 Å². The van der Waals surface area contributed by atoms with Crippen molar-refractivity contribution in [2.75, 3.05) is 17.9 Å². The molecule has 0 unspecified atom stereocenters. The number of nitrogens with one attached hydrogen (secondary N) is 1. The number of likely N-dealkylation sites (N-methyl/N-ethyl adjacent to an activating group) is 1. The van der Waals surface area contributed by atoms with E-state index in [4.69, 9.17) is 23.2 Å². The fourth-order valence-corrected chi connectivity index (χ4v) is 6.68. The molecule has 7 nitrogen and oxygen atoms in total. The standard InChI is InChI=1S/C33H33Cl2N3O4S/c1-23-13-16-28(17-14-23)43(41,42)38(30-18-15-27(34)19-24(30)2)22-32(39)37(21-26-11-7-8-12-29(26)35)31(33(40)36-3)20-25-9-5-4-6-10-25/h4-19,31H,20-22H2,1-3H3,(H,36,40)/t31-/m0/s1. The Morgan fingerprint density at radius 2 is 1.51 bits per heavy atom. The number of carbonyl (C=O) groups excluding carboxylic acids is 2. The van der Waals surface area contributed by atoms with Crippen LogP contribution in [0.5, 0.6) is 0 Å². The minimum absolute atomic E-state index is 0.0125. The van der Waals surface area contributed by atoms with Crippen molar-refractivity contribution in [3.63, 3.8) is 0 Å². The van der Waals surface area contributed by atoms with E-state index in [-0.39, 0.29) is 23.8 Å². The minimum Gasteiger partial charge on any atom is -0.357 e. The van der Waals surface area contributed by atoms with Crippen LogP contribution in [0, 0.1) is 13.8 Å². The monoisotopic (exact) mass is 637 g/mol. The number of halogens is 2. The molecule has 4 rings (SSSR count). The van der Waals surface area contributed by atoms with Crippen molar-refractivity contribution in [3.8, 4) is 0 Å². The zero-order chi connectivity index (χ0) is 31.1. The first-order valence-electron chi connectivity index (χ1n) is 13.6. The Hall–Kier alpha value is -3.85. The normalized spacial score (nSPS) is 11.9. The third-order valence-corrected chi connectivity index (χ3v) is 9.51. The summed E-state index contributed by atoms with van der Waals surface area (Å²) < 4.78 is 29.3. The smallest absolute Gasteiger partial charge is 0.264 e. The van der Waals surface area contributed by atoms with E-state index < -0.39 is 28.5 Å². The van der Waals surface area contributed by atoms with Crippen LogP contribution in [0.2, 0.25) is 10.0 Å². The minimum atomic E-state index is -4.21. The number of hydrogen-bond donors (Lipinski definition) is 1. The average molecular weight is 639 g/mol. The second kappa shape index (κ2) is 14.1. The van der Waals surface area contributed by atoms with Crippen LogP contribution in [0.1, 0.15) is 22.3 Å². The van der Waals surface area contributed by atoms with Gasteiger partial charge in [0.05, 0.1) is 10.6 Å². The number of hydrogen-bond acceptors (Lipinski definition) is 4. The number of aryl methyl sites for hydroxylation is 2. The highest BCUT2D eigenvalue weighted by Gasteiger charge is 2.35. The van der Waals surface area contributed by atoms with Gasteiger partial charge >= 0.3 is 0 Å². The Bertz CT molecular complexity index is 1700. The van der Waals surface area contributed by atoms with Gasteiger partial charge in [-0.25, -0.2) is 8.42 Å². The maximum atomic E-state index is 14.4. The van der Waals surface area contributed by atoms with E-state index in [9.17, 15) is 18.0 Å². The average Bonchev–Trinajstić information content (AvgIpc) is 2.99. The molecule has 10 heteroatoms. The van der Waals surface area contributed by atoms with E-state index in [1.54, 1.807) is 61.5 Å². The first kappa shape index (κ1) is 32.1. The molecule has 1 N–H and O–H groups in total. The topological polar surface area (TPSA) is 86.8 Å². The number of rotatable bonds is 11. The van der Waals surface area contributed by atoms with Gasteiger partial charge in [-0.1, -0.05) is 89.4 Å². The number of anilines is 1. The van der Waals surface area contributed by atoms with Crippen LogP contribution in [-0.2, 0) is 32.6 Å². The highest BCUT2D eigenvalue weighted by molar-refractivity contribution is 7.92. The fraction of sp³-hybridized carbons (Fsp3) is 0.212. The molecular weight excluding hydrogens is 605 g/mol. The Kier molecular flexibility index (Phi) is 10.5. The van der Waals surface area contributed by atoms with Gasteiger partial charge in [0.15, 0.2) is 0 Å². The number of amides is 2. The lowest BCUT2D eigenvalue weighted by atomic mass is 10.0. The summed E-state index contributed by atoms with van der Waals surface area (Å²) in [6.45, 7) is 3.01. The molecule has 0 fully saturated rings. The molecule has 0 heterocycles. The number of nitrogens with zero attached hydrogens (tertiary/aromatic N) is 2. The fourth-order valence-electron chi connectivity index (χ4n) is 4.78. The summed E-state index contributed by atoms with van der Waals surface area (Å²) in [5, 5.41) is 3.53. The van der Waals surface area contributed by atoms with Crippen molar-refractivity contribution in [1.29, 1.82) is 0 Å². The van der Waals surface area contributed by atoms with Crippen LogP contribution >= 0.6 is 23.2 Å². The van der Waals surface area contributed by atoms with Crippen LogP contribution in [0.4, 0.5) is 5.69 Å². The largest absolute Gasteiger partial charge is 0.357 e. The lowest BCUT2D eigenvalue weighted by Crippen LogP contribution is -2.53. The quantitative estimate of drug-likeness (QED) is 0.212. The van der Waals surface area contributed by atoms with Gasteiger partial charge < -0.3 is 10.2 Å². The second-order valence-corrected chi connectivity index (χ2v) is 12.9. The Morgan fingerprint density at radius 1 is 0.860 bits per heavy atom. The van der Waals surface area contributed by atoms with Crippen molar-refractivity contribution in [1.82, 2.24) is 10.2 Å². The van der Waals surface area contributed by atoms with Crippen molar-refractivity contribution < 1.29 is 18.0 Å². The molecule has 0 saturated heterocycles. The molecule has 0 aliphatic heterocycles. The molecule has 0 aliphatic rings. The number of benzene rings is 4. The maximum Gasteiger partial charge on any atom is 0.264 e. The summed E-state index contributed by atoms with van der Waals surface area (Å²) >= 11 is 12.7. The molecule has 1 atom stereocenters. The molecule has 0 saturated carbocycles. The summed E-state index contributed by atoms with van der Waals surface area (Å²) in [4.78, 5) is 29.2.